The van der Waals surface area contributed by atoms with Crippen molar-refractivity contribution in [3.05, 3.63) is 65.7 Å². The Kier molecular flexibility index (Phi) is 6.50. The molecule has 1 aromatic heterocycles. The number of methoxy groups -OCH3 is 1. The van der Waals surface area contributed by atoms with Crippen molar-refractivity contribution in [2.45, 2.75) is 31.5 Å². The molecular weight excluding hydrogens is 423 g/mol. The van der Waals surface area contributed by atoms with Gasteiger partial charge in [-0.25, -0.2) is 9.07 Å². The summed E-state index contributed by atoms with van der Waals surface area (Å²) in [5, 5.41) is 12.7. The van der Waals surface area contributed by atoms with E-state index in [1.807, 2.05) is 35.0 Å². The third-order valence-electron chi connectivity index (χ3n) is 6.50. The van der Waals surface area contributed by atoms with Crippen LogP contribution in [0.1, 0.15) is 30.3 Å². The Bertz CT molecular complexity index is 1050. The van der Waals surface area contributed by atoms with Crippen molar-refractivity contribution >= 4 is 5.69 Å². The van der Waals surface area contributed by atoms with Gasteiger partial charge in [-0.3, -0.25) is 4.90 Å². The van der Waals surface area contributed by atoms with Crippen molar-refractivity contribution in [3.63, 3.8) is 0 Å². The molecule has 2 saturated heterocycles. The fourth-order valence-electron chi connectivity index (χ4n) is 4.80. The molecule has 3 heterocycles. The number of nitrogens with zero attached hydrogens (tertiary/aromatic N) is 6. The largest absolute Gasteiger partial charge is 0.495 e. The number of tetrazole rings is 1. The summed E-state index contributed by atoms with van der Waals surface area (Å²) in [6.45, 7) is 4.71. The van der Waals surface area contributed by atoms with Crippen molar-refractivity contribution in [1.29, 1.82) is 0 Å². The molecule has 2 aliphatic heterocycles. The highest BCUT2D eigenvalue weighted by molar-refractivity contribution is 5.58. The molecule has 5 rings (SSSR count). The van der Waals surface area contributed by atoms with Crippen molar-refractivity contribution in [2.75, 3.05) is 44.8 Å². The van der Waals surface area contributed by atoms with Gasteiger partial charge in [0.1, 0.15) is 11.6 Å². The van der Waals surface area contributed by atoms with Crippen LogP contribution >= 0.6 is 0 Å². The fourth-order valence-corrected chi connectivity index (χ4v) is 4.80. The Hall–Kier alpha value is -3.04. The van der Waals surface area contributed by atoms with Crippen molar-refractivity contribution < 1.29 is 13.9 Å². The quantitative estimate of drug-likeness (QED) is 0.546. The molecule has 2 aliphatic rings. The number of ether oxygens (including phenoxy) is 2. The summed E-state index contributed by atoms with van der Waals surface area (Å²) in [4.78, 5) is 4.71. The molecular formula is C24H29FN6O2. The maximum Gasteiger partial charge on any atom is 0.173 e. The Labute approximate surface area is 192 Å². The highest BCUT2D eigenvalue weighted by Gasteiger charge is 2.32. The van der Waals surface area contributed by atoms with Gasteiger partial charge >= 0.3 is 0 Å². The first kappa shape index (κ1) is 21.8. The number of benzene rings is 2. The zero-order valence-corrected chi connectivity index (χ0v) is 18.8. The van der Waals surface area contributed by atoms with Crippen molar-refractivity contribution in [2.24, 2.45) is 0 Å². The molecule has 0 radical (unpaired) electrons. The van der Waals surface area contributed by atoms with E-state index in [0.717, 1.165) is 68.5 Å². The third-order valence-corrected chi connectivity index (χ3v) is 6.50. The van der Waals surface area contributed by atoms with E-state index in [-0.39, 0.29) is 18.0 Å². The number of hydrogen-bond donors (Lipinski definition) is 0. The van der Waals surface area contributed by atoms with Gasteiger partial charge in [-0.1, -0.05) is 24.3 Å². The van der Waals surface area contributed by atoms with Crippen LogP contribution in [0.25, 0.3) is 0 Å². The lowest BCUT2D eigenvalue weighted by molar-refractivity contribution is 0.0906. The Balaban J connectivity index is 1.40. The smallest absolute Gasteiger partial charge is 0.173 e. The number of piperazine rings is 1. The van der Waals surface area contributed by atoms with Crippen LogP contribution in [-0.4, -0.2) is 71.1 Å². The van der Waals surface area contributed by atoms with E-state index in [2.05, 4.69) is 31.4 Å². The monoisotopic (exact) mass is 452 g/mol. The van der Waals surface area contributed by atoms with Gasteiger partial charge in [0.15, 0.2) is 5.82 Å². The molecule has 0 unspecified atom stereocenters. The van der Waals surface area contributed by atoms with E-state index >= 15 is 0 Å². The van der Waals surface area contributed by atoms with Crippen LogP contribution in [-0.2, 0) is 11.3 Å². The predicted molar refractivity (Wildman–Crippen MR) is 122 cm³/mol. The molecule has 0 aliphatic carbocycles. The number of anilines is 1. The second-order valence-electron chi connectivity index (χ2n) is 8.50. The van der Waals surface area contributed by atoms with Crippen LogP contribution in [0.15, 0.2) is 48.5 Å². The van der Waals surface area contributed by atoms with Crippen LogP contribution < -0.4 is 9.64 Å². The minimum atomic E-state index is -0.252. The second-order valence-corrected chi connectivity index (χ2v) is 8.50. The van der Waals surface area contributed by atoms with Gasteiger partial charge in [0.25, 0.3) is 0 Å². The number of halogens is 1. The fraction of sp³-hybridized carbons (Fsp3) is 0.458. The van der Waals surface area contributed by atoms with Crippen LogP contribution in [0.2, 0.25) is 0 Å². The number of aromatic nitrogens is 4. The molecule has 2 fully saturated rings. The van der Waals surface area contributed by atoms with E-state index in [0.29, 0.717) is 6.54 Å². The molecule has 0 spiro atoms. The normalized spacial score (nSPS) is 20.2. The van der Waals surface area contributed by atoms with Crippen LogP contribution in [0.3, 0.4) is 0 Å². The summed E-state index contributed by atoms with van der Waals surface area (Å²) in [6, 6.07) is 14.6. The number of rotatable bonds is 7. The standard InChI is InChI=1S/C24H29FN6O2/c1-32-22-7-3-2-6-21(22)29-12-14-30(15-13-29)23(18-8-10-19(25)11-9-18)24-26-27-28-31(24)17-20-5-4-16-33-20/h2-3,6-11,20,23H,4-5,12-17H2,1H3/t20-,23+/m0/s1. The summed E-state index contributed by atoms with van der Waals surface area (Å²) in [6.07, 6.45) is 2.20. The van der Waals surface area contributed by atoms with Gasteiger partial charge in [0, 0.05) is 32.8 Å². The predicted octanol–water partition coefficient (Wildman–Crippen LogP) is 2.91. The van der Waals surface area contributed by atoms with Gasteiger partial charge in [-0.15, -0.1) is 5.10 Å². The van der Waals surface area contributed by atoms with E-state index in [1.54, 1.807) is 7.11 Å². The number of para-hydroxylation sites is 2. The molecule has 0 N–H and O–H groups in total. The van der Waals surface area contributed by atoms with Crippen molar-refractivity contribution in [3.8, 4) is 5.75 Å². The zero-order valence-electron chi connectivity index (χ0n) is 18.8. The second kappa shape index (κ2) is 9.84. The maximum atomic E-state index is 13.7. The summed E-state index contributed by atoms with van der Waals surface area (Å²) < 4.78 is 26.9. The van der Waals surface area contributed by atoms with Gasteiger partial charge in [0.2, 0.25) is 0 Å². The summed E-state index contributed by atoms with van der Waals surface area (Å²) >= 11 is 0. The van der Waals surface area contributed by atoms with Crippen molar-refractivity contribution in [1.82, 2.24) is 25.1 Å². The minimum Gasteiger partial charge on any atom is -0.495 e. The Morgan fingerprint density at radius 3 is 2.61 bits per heavy atom. The lowest BCUT2D eigenvalue weighted by Gasteiger charge is -2.40. The van der Waals surface area contributed by atoms with E-state index in [4.69, 9.17) is 9.47 Å². The van der Waals surface area contributed by atoms with E-state index < -0.39 is 0 Å². The molecule has 2 atom stereocenters. The first-order valence-electron chi connectivity index (χ1n) is 11.5. The molecule has 174 valence electrons. The molecule has 0 amide bonds. The summed E-state index contributed by atoms with van der Waals surface area (Å²) in [5.74, 6) is 1.39. The first-order chi connectivity index (χ1) is 16.2. The lowest BCUT2D eigenvalue weighted by atomic mass is 10.0. The van der Waals surface area contributed by atoms with Crippen LogP contribution in [0.5, 0.6) is 5.75 Å². The summed E-state index contributed by atoms with van der Waals surface area (Å²) in [7, 11) is 1.70. The maximum absolute atomic E-state index is 13.7. The topological polar surface area (TPSA) is 68.5 Å². The average molecular weight is 453 g/mol. The van der Waals surface area contributed by atoms with Crippen LogP contribution in [0.4, 0.5) is 10.1 Å². The van der Waals surface area contributed by atoms with Crippen LogP contribution in [0, 0.1) is 5.82 Å². The zero-order chi connectivity index (χ0) is 22.6. The lowest BCUT2D eigenvalue weighted by Crippen LogP contribution is -2.48. The summed E-state index contributed by atoms with van der Waals surface area (Å²) in [5.41, 5.74) is 2.08. The number of hydrogen-bond acceptors (Lipinski definition) is 7. The van der Waals surface area contributed by atoms with Gasteiger partial charge in [0.05, 0.1) is 31.5 Å². The Morgan fingerprint density at radius 2 is 1.88 bits per heavy atom. The highest BCUT2D eigenvalue weighted by Crippen LogP contribution is 2.32. The molecule has 8 nitrogen and oxygen atoms in total. The molecule has 33 heavy (non-hydrogen) atoms. The third kappa shape index (κ3) is 4.69. The Morgan fingerprint density at radius 1 is 1.09 bits per heavy atom. The van der Waals surface area contributed by atoms with E-state index in [9.17, 15) is 4.39 Å². The minimum absolute atomic E-state index is 0.128. The van der Waals surface area contributed by atoms with Gasteiger partial charge < -0.3 is 14.4 Å². The molecule has 0 saturated carbocycles. The SMILES string of the molecule is COc1ccccc1N1CCN([C@H](c2ccc(F)cc2)c2nnnn2C[C@@H]2CCCO2)CC1. The molecule has 0 bridgehead atoms. The van der Waals surface area contributed by atoms with Gasteiger partial charge in [-0.2, -0.15) is 0 Å². The highest BCUT2D eigenvalue weighted by atomic mass is 19.1. The average Bonchev–Trinajstić information content (AvgIpc) is 3.54. The van der Waals surface area contributed by atoms with Gasteiger partial charge in [-0.05, 0) is 53.1 Å². The molecule has 3 aromatic rings. The molecule has 9 heteroatoms. The first-order valence-corrected chi connectivity index (χ1v) is 11.5. The van der Waals surface area contributed by atoms with E-state index in [1.165, 1.54) is 12.1 Å². The molecule has 2 aromatic carbocycles.